The Balaban J connectivity index is 2.87. The maximum absolute atomic E-state index is 11.7. The Morgan fingerprint density at radius 1 is 1.21 bits per heavy atom. The van der Waals surface area contributed by atoms with Crippen LogP contribution in [0.2, 0.25) is 0 Å². The van der Waals surface area contributed by atoms with Crippen molar-refractivity contribution >= 4 is 9.84 Å². The van der Waals surface area contributed by atoms with Crippen LogP contribution in [0.15, 0.2) is 29.2 Å². The van der Waals surface area contributed by atoms with Crippen LogP contribution in [0.1, 0.15) is 5.56 Å². The van der Waals surface area contributed by atoms with Crippen molar-refractivity contribution in [3.8, 4) is 0 Å². The van der Waals surface area contributed by atoms with Crippen LogP contribution < -0.4 is 5.32 Å². The first-order valence-electron chi connectivity index (χ1n) is 4.50. The molecule has 0 heterocycles. The molecule has 1 rings (SSSR count). The van der Waals surface area contributed by atoms with E-state index < -0.39 is 9.84 Å². The second-order valence-corrected chi connectivity index (χ2v) is 5.34. The van der Waals surface area contributed by atoms with Crippen LogP contribution in [0.5, 0.6) is 0 Å². The second-order valence-electron chi connectivity index (χ2n) is 3.24. The van der Waals surface area contributed by atoms with Crippen molar-refractivity contribution < 1.29 is 8.42 Å². The summed E-state index contributed by atoms with van der Waals surface area (Å²) in [6.45, 7) is 2.42. The van der Waals surface area contributed by atoms with Gasteiger partial charge in [0, 0.05) is 6.54 Å². The van der Waals surface area contributed by atoms with Crippen molar-refractivity contribution in [2.75, 3.05) is 19.3 Å². The molecule has 1 aromatic rings. The molecular weight excluding hydrogens is 198 g/mol. The fourth-order valence-electron chi connectivity index (χ4n) is 1.10. The number of nitrogens with one attached hydrogen (secondary N) is 1. The van der Waals surface area contributed by atoms with Crippen LogP contribution in [0.25, 0.3) is 0 Å². The van der Waals surface area contributed by atoms with Gasteiger partial charge in [-0.05, 0) is 26.1 Å². The summed E-state index contributed by atoms with van der Waals surface area (Å²) in [5, 5.41) is 2.83. The highest BCUT2D eigenvalue weighted by Gasteiger charge is 2.12. The van der Waals surface area contributed by atoms with E-state index in [0.717, 1.165) is 5.56 Å². The Labute approximate surface area is 85.1 Å². The summed E-state index contributed by atoms with van der Waals surface area (Å²) < 4.78 is 23.3. The molecule has 0 saturated carbocycles. The SMILES string of the molecule is CNCCS(=O)(=O)c1ccc(C)cc1. The molecule has 0 bridgehead atoms. The van der Waals surface area contributed by atoms with Gasteiger partial charge >= 0.3 is 0 Å². The van der Waals surface area contributed by atoms with Gasteiger partial charge in [-0.3, -0.25) is 0 Å². The summed E-state index contributed by atoms with van der Waals surface area (Å²) in [7, 11) is -1.36. The topological polar surface area (TPSA) is 46.2 Å². The highest BCUT2D eigenvalue weighted by Crippen LogP contribution is 2.11. The lowest BCUT2D eigenvalue weighted by Gasteiger charge is -2.03. The van der Waals surface area contributed by atoms with Crippen LogP contribution in [-0.2, 0) is 9.84 Å². The molecule has 4 heteroatoms. The Kier molecular flexibility index (Phi) is 3.66. The molecule has 0 aromatic heterocycles. The van der Waals surface area contributed by atoms with Gasteiger partial charge in [0.1, 0.15) is 0 Å². The van der Waals surface area contributed by atoms with E-state index >= 15 is 0 Å². The van der Waals surface area contributed by atoms with Crippen LogP contribution in [0.4, 0.5) is 0 Å². The third kappa shape index (κ3) is 2.82. The Morgan fingerprint density at radius 2 is 1.79 bits per heavy atom. The van der Waals surface area contributed by atoms with Crippen molar-refractivity contribution in [1.82, 2.24) is 5.32 Å². The summed E-state index contributed by atoms with van der Waals surface area (Å²) in [4.78, 5) is 0.401. The molecule has 0 atom stereocenters. The van der Waals surface area contributed by atoms with Gasteiger partial charge in [0.25, 0.3) is 0 Å². The van der Waals surface area contributed by atoms with Gasteiger partial charge in [-0.2, -0.15) is 0 Å². The minimum Gasteiger partial charge on any atom is -0.319 e. The first-order chi connectivity index (χ1) is 6.56. The fraction of sp³-hybridized carbons (Fsp3) is 0.400. The van der Waals surface area contributed by atoms with Gasteiger partial charge in [0.15, 0.2) is 9.84 Å². The van der Waals surface area contributed by atoms with Gasteiger partial charge in [-0.15, -0.1) is 0 Å². The predicted molar refractivity (Wildman–Crippen MR) is 57.2 cm³/mol. The maximum Gasteiger partial charge on any atom is 0.179 e. The lowest BCUT2D eigenvalue weighted by molar-refractivity contribution is 0.593. The average Bonchev–Trinajstić information content (AvgIpc) is 2.16. The molecule has 78 valence electrons. The standard InChI is InChI=1S/C10H15NO2S/c1-9-3-5-10(6-4-9)14(12,13)8-7-11-2/h3-6,11H,7-8H2,1-2H3. The zero-order valence-electron chi connectivity index (χ0n) is 8.45. The molecule has 3 nitrogen and oxygen atoms in total. The van der Waals surface area contributed by atoms with E-state index in [2.05, 4.69) is 5.32 Å². The minimum absolute atomic E-state index is 0.145. The molecule has 1 N–H and O–H groups in total. The molecule has 0 amide bonds. The molecule has 0 aliphatic rings. The van der Waals surface area contributed by atoms with E-state index in [1.165, 1.54) is 0 Å². The molecular formula is C10H15NO2S. The zero-order chi connectivity index (χ0) is 10.6. The van der Waals surface area contributed by atoms with Crippen LogP contribution in [0, 0.1) is 6.92 Å². The lowest BCUT2D eigenvalue weighted by atomic mass is 10.2. The van der Waals surface area contributed by atoms with E-state index in [1.54, 1.807) is 19.2 Å². The van der Waals surface area contributed by atoms with Crippen molar-refractivity contribution in [3.63, 3.8) is 0 Å². The predicted octanol–water partition coefficient (Wildman–Crippen LogP) is 0.988. The van der Waals surface area contributed by atoms with Crippen molar-refractivity contribution in [1.29, 1.82) is 0 Å². The molecule has 0 aliphatic heterocycles. The fourth-order valence-corrected chi connectivity index (χ4v) is 2.36. The number of hydrogen-bond donors (Lipinski definition) is 1. The largest absolute Gasteiger partial charge is 0.319 e. The Morgan fingerprint density at radius 3 is 2.29 bits per heavy atom. The van der Waals surface area contributed by atoms with Gasteiger partial charge in [-0.25, -0.2) is 8.42 Å². The van der Waals surface area contributed by atoms with Crippen LogP contribution in [0.3, 0.4) is 0 Å². The molecule has 14 heavy (non-hydrogen) atoms. The maximum atomic E-state index is 11.7. The first-order valence-corrected chi connectivity index (χ1v) is 6.15. The lowest BCUT2D eigenvalue weighted by Crippen LogP contribution is -2.19. The van der Waals surface area contributed by atoms with Crippen LogP contribution >= 0.6 is 0 Å². The first kappa shape index (κ1) is 11.2. The average molecular weight is 213 g/mol. The van der Waals surface area contributed by atoms with E-state index in [9.17, 15) is 8.42 Å². The van der Waals surface area contributed by atoms with Crippen molar-refractivity contribution in [2.45, 2.75) is 11.8 Å². The number of sulfone groups is 1. The third-order valence-electron chi connectivity index (χ3n) is 2.00. The summed E-state index contributed by atoms with van der Waals surface area (Å²) >= 11 is 0. The molecule has 0 spiro atoms. The smallest absolute Gasteiger partial charge is 0.179 e. The highest BCUT2D eigenvalue weighted by molar-refractivity contribution is 7.91. The van der Waals surface area contributed by atoms with Gasteiger partial charge in [0.2, 0.25) is 0 Å². The number of rotatable bonds is 4. The number of benzene rings is 1. The van der Waals surface area contributed by atoms with E-state index in [0.29, 0.717) is 11.4 Å². The van der Waals surface area contributed by atoms with E-state index in [4.69, 9.17) is 0 Å². The molecule has 1 aromatic carbocycles. The van der Waals surface area contributed by atoms with Crippen LogP contribution in [-0.4, -0.2) is 27.8 Å². The van der Waals surface area contributed by atoms with E-state index in [-0.39, 0.29) is 5.75 Å². The molecule has 0 aliphatic carbocycles. The normalized spacial score (nSPS) is 11.6. The Hall–Kier alpha value is -0.870. The number of hydrogen-bond acceptors (Lipinski definition) is 3. The van der Waals surface area contributed by atoms with Gasteiger partial charge in [0.05, 0.1) is 10.6 Å². The summed E-state index contributed by atoms with van der Waals surface area (Å²) in [6, 6.07) is 6.93. The summed E-state index contributed by atoms with van der Waals surface area (Å²) in [5.74, 6) is 0.145. The van der Waals surface area contributed by atoms with Gasteiger partial charge in [-0.1, -0.05) is 17.7 Å². The Bertz CT molecular complexity index is 381. The third-order valence-corrected chi connectivity index (χ3v) is 3.73. The zero-order valence-corrected chi connectivity index (χ0v) is 9.26. The van der Waals surface area contributed by atoms with E-state index in [1.807, 2.05) is 19.1 Å². The number of aryl methyl sites for hydroxylation is 1. The summed E-state index contributed by atoms with van der Waals surface area (Å²) in [5.41, 5.74) is 1.07. The van der Waals surface area contributed by atoms with Crippen molar-refractivity contribution in [2.24, 2.45) is 0 Å². The summed E-state index contributed by atoms with van der Waals surface area (Å²) in [6.07, 6.45) is 0. The second kappa shape index (κ2) is 4.57. The quantitative estimate of drug-likeness (QED) is 0.811. The van der Waals surface area contributed by atoms with Crippen molar-refractivity contribution in [3.05, 3.63) is 29.8 Å². The molecule has 0 radical (unpaired) electrons. The highest BCUT2D eigenvalue weighted by atomic mass is 32.2. The van der Waals surface area contributed by atoms with Gasteiger partial charge < -0.3 is 5.32 Å². The molecule has 0 fully saturated rings. The minimum atomic E-state index is -3.10. The molecule has 0 unspecified atom stereocenters. The monoisotopic (exact) mass is 213 g/mol. The molecule has 0 saturated heterocycles.